The third kappa shape index (κ3) is 4.16. The molecule has 0 atom stereocenters. The number of imide groups is 1. The van der Waals surface area contributed by atoms with E-state index < -0.39 is 22.9 Å². The first-order valence-corrected chi connectivity index (χ1v) is 8.79. The van der Waals surface area contributed by atoms with Crippen molar-refractivity contribution >= 4 is 34.7 Å². The summed E-state index contributed by atoms with van der Waals surface area (Å²) in [6.07, 6.45) is -3.04. The highest BCUT2D eigenvalue weighted by molar-refractivity contribution is 8.19. The second-order valence-corrected chi connectivity index (χ2v) is 6.56. The van der Waals surface area contributed by atoms with Crippen LogP contribution in [0.1, 0.15) is 18.1 Å². The Bertz CT molecular complexity index is 907. The summed E-state index contributed by atoms with van der Waals surface area (Å²) in [5.74, 6) is 0.0185. The number of anilines is 1. The molecule has 8 heteroatoms. The van der Waals surface area contributed by atoms with Crippen LogP contribution in [0.5, 0.6) is 5.75 Å². The maximum absolute atomic E-state index is 12.9. The van der Waals surface area contributed by atoms with E-state index in [0.717, 1.165) is 23.1 Å². The van der Waals surface area contributed by atoms with Crippen molar-refractivity contribution in [3.05, 3.63) is 64.6 Å². The maximum atomic E-state index is 12.9. The fourth-order valence-electron chi connectivity index (χ4n) is 2.49. The number of rotatable bonds is 4. The van der Waals surface area contributed by atoms with Gasteiger partial charge in [0, 0.05) is 0 Å². The quantitative estimate of drug-likeness (QED) is 0.658. The molecular formula is C19H14F3NO3S. The van der Waals surface area contributed by atoms with E-state index in [2.05, 4.69) is 0 Å². The molecular weight excluding hydrogens is 379 g/mol. The molecule has 1 aliphatic heterocycles. The summed E-state index contributed by atoms with van der Waals surface area (Å²) in [7, 11) is 0. The van der Waals surface area contributed by atoms with Crippen molar-refractivity contribution in [2.24, 2.45) is 0 Å². The smallest absolute Gasteiger partial charge is 0.416 e. The minimum absolute atomic E-state index is 0.109. The van der Waals surface area contributed by atoms with Gasteiger partial charge in [-0.1, -0.05) is 18.2 Å². The van der Waals surface area contributed by atoms with Crippen LogP contribution in [0.15, 0.2) is 53.4 Å². The van der Waals surface area contributed by atoms with Crippen LogP contribution in [0.4, 0.5) is 23.7 Å². The lowest BCUT2D eigenvalue weighted by Crippen LogP contribution is -2.28. The van der Waals surface area contributed by atoms with Gasteiger partial charge in [0.15, 0.2) is 0 Å². The molecule has 2 amide bonds. The maximum Gasteiger partial charge on any atom is 0.416 e. The van der Waals surface area contributed by atoms with Crippen LogP contribution in [0, 0.1) is 0 Å². The van der Waals surface area contributed by atoms with Crippen LogP contribution in [0.25, 0.3) is 6.08 Å². The van der Waals surface area contributed by atoms with Crippen molar-refractivity contribution in [1.29, 1.82) is 0 Å². The van der Waals surface area contributed by atoms with Crippen LogP contribution in [-0.4, -0.2) is 17.8 Å². The standard InChI is InChI=1S/C19H14F3NO3S/c1-2-26-15-8-6-12(7-9-15)10-16-17(24)23(18(25)27-16)14-5-3-4-13(11-14)19(20,21)22/h3-11H,2H2,1H3/b16-10-. The number of ether oxygens (including phenoxy) is 1. The zero-order valence-electron chi connectivity index (χ0n) is 14.1. The van der Waals surface area contributed by atoms with Crippen LogP contribution in [0.2, 0.25) is 0 Å². The summed E-state index contributed by atoms with van der Waals surface area (Å²) in [5.41, 5.74) is -0.357. The Labute approximate surface area is 157 Å². The monoisotopic (exact) mass is 393 g/mol. The molecule has 2 aromatic carbocycles. The van der Waals surface area contributed by atoms with Gasteiger partial charge in [0.25, 0.3) is 11.1 Å². The molecule has 0 saturated carbocycles. The molecule has 1 saturated heterocycles. The molecule has 140 valence electrons. The summed E-state index contributed by atoms with van der Waals surface area (Å²) in [6, 6.07) is 11.0. The topological polar surface area (TPSA) is 46.6 Å². The summed E-state index contributed by atoms with van der Waals surface area (Å²) in [4.78, 5) is 25.7. The van der Waals surface area contributed by atoms with Gasteiger partial charge in [-0.05, 0) is 60.7 Å². The van der Waals surface area contributed by atoms with Gasteiger partial charge < -0.3 is 4.74 Å². The van der Waals surface area contributed by atoms with E-state index in [4.69, 9.17) is 4.74 Å². The first-order chi connectivity index (χ1) is 12.8. The fourth-order valence-corrected chi connectivity index (χ4v) is 3.33. The predicted octanol–water partition coefficient (Wildman–Crippen LogP) is 5.35. The van der Waals surface area contributed by atoms with Gasteiger partial charge in [0.1, 0.15) is 5.75 Å². The molecule has 27 heavy (non-hydrogen) atoms. The van der Waals surface area contributed by atoms with Gasteiger partial charge in [-0.25, -0.2) is 4.90 Å². The lowest BCUT2D eigenvalue weighted by Gasteiger charge is -2.14. The summed E-state index contributed by atoms with van der Waals surface area (Å²) in [5, 5.41) is -0.642. The molecule has 0 aromatic heterocycles. The lowest BCUT2D eigenvalue weighted by atomic mass is 10.1. The molecule has 0 aliphatic carbocycles. The third-order valence-corrected chi connectivity index (χ3v) is 4.58. The molecule has 0 N–H and O–H groups in total. The molecule has 4 nitrogen and oxygen atoms in total. The molecule has 0 spiro atoms. The third-order valence-electron chi connectivity index (χ3n) is 3.71. The lowest BCUT2D eigenvalue weighted by molar-refractivity contribution is -0.137. The Morgan fingerprint density at radius 3 is 2.44 bits per heavy atom. The van der Waals surface area contributed by atoms with Crippen LogP contribution >= 0.6 is 11.8 Å². The highest BCUT2D eigenvalue weighted by Gasteiger charge is 2.38. The number of amides is 2. The molecule has 1 fully saturated rings. The zero-order valence-corrected chi connectivity index (χ0v) is 14.9. The number of alkyl halides is 3. The van der Waals surface area contributed by atoms with E-state index in [1.807, 2.05) is 6.92 Å². The van der Waals surface area contributed by atoms with Crippen molar-refractivity contribution in [3.8, 4) is 5.75 Å². The normalized spacial score (nSPS) is 16.3. The predicted molar refractivity (Wildman–Crippen MR) is 97.5 cm³/mol. The number of hydrogen-bond acceptors (Lipinski definition) is 4. The van der Waals surface area contributed by atoms with E-state index in [-0.39, 0.29) is 10.6 Å². The number of nitrogens with zero attached hydrogens (tertiary/aromatic N) is 1. The second kappa shape index (κ2) is 7.48. The molecule has 0 bridgehead atoms. The summed E-state index contributed by atoms with van der Waals surface area (Å²) >= 11 is 0.685. The van der Waals surface area contributed by atoms with Gasteiger partial charge in [-0.15, -0.1) is 0 Å². The average molecular weight is 393 g/mol. The van der Waals surface area contributed by atoms with Crippen molar-refractivity contribution in [1.82, 2.24) is 0 Å². The van der Waals surface area contributed by atoms with Crippen molar-refractivity contribution in [2.75, 3.05) is 11.5 Å². The van der Waals surface area contributed by atoms with E-state index in [1.54, 1.807) is 24.3 Å². The van der Waals surface area contributed by atoms with Gasteiger partial charge in [0.05, 0.1) is 22.8 Å². The van der Waals surface area contributed by atoms with E-state index in [9.17, 15) is 22.8 Å². The number of benzene rings is 2. The highest BCUT2D eigenvalue weighted by Crippen LogP contribution is 2.38. The largest absolute Gasteiger partial charge is 0.494 e. The molecule has 1 heterocycles. The van der Waals surface area contributed by atoms with Crippen LogP contribution in [0.3, 0.4) is 0 Å². The minimum atomic E-state index is -4.56. The zero-order chi connectivity index (χ0) is 19.6. The molecule has 2 aromatic rings. The number of thioether (sulfide) groups is 1. The highest BCUT2D eigenvalue weighted by atomic mass is 32.2. The van der Waals surface area contributed by atoms with Crippen LogP contribution in [-0.2, 0) is 11.0 Å². The second-order valence-electron chi connectivity index (χ2n) is 5.57. The Balaban J connectivity index is 1.87. The fraction of sp³-hybridized carbons (Fsp3) is 0.158. The van der Waals surface area contributed by atoms with Gasteiger partial charge in [-0.3, -0.25) is 9.59 Å². The first kappa shape index (κ1) is 19.0. The van der Waals surface area contributed by atoms with E-state index in [1.165, 1.54) is 12.1 Å². The van der Waals surface area contributed by atoms with Gasteiger partial charge in [-0.2, -0.15) is 13.2 Å². The van der Waals surface area contributed by atoms with Crippen molar-refractivity contribution < 1.29 is 27.5 Å². The molecule has 0 unspecified atom stereocenters. The Kier molecular flexibility index (Phi) is 5.27. The number of carbonyl (C=O) groups excluding carboxylic acids is 2. The van der Waals surface area contributed by atoms with Gasteiger partial charge >= 0.3 is 6.18 Å². The SMILES string of the molecule is CCOc1ccc(/C=C2\SC(=O)N(c3cccc(C(F)(F)F)c3)C2=O)cc1. The molecule has 1 aliphatic rings. The van der Waals surface area contributed by atoms with Crippen LogP contribution < -0.4 is 9.64 Å². The Hall–Kier alpha value is -2.74. The van der Waals surface area contributed by atoms with Crippen molar-refractivity contribution in [3.63, 3.8) is 0 Å². The summed E-state index contributed by atoms with van der Waals surface area (Å²) in [6.45, 7) is 2.38. The molecule has 3 rings (SSSR count). The molecule has 0 radical (unpaired) electrons. The Morgan fingerprint density at radius 1 is 1.11 bits per heavy atom. The number of carbonyl (C=O) groups is 2. The minimum Gasteiger partial charge on any atom is -0.494 e. The average Bonchev–Trinajstić information content (AvgIpc) is 2.90. The van der Waals surface area contributed by atoms with Gasteiger partial charge in [0.2, 0.25) is 0 Å². The van der Waals surface area contributed by atoms with E-state index >= 15 is 0 Å². The van der Waals surface area contributed by atoms with Crippen molar-refractivity contribution in [2.45, 2.75) is 13.1 Å². The first-order valence-electron chi connectivity index (χ1n) is 7.97. The van der Waals surface area contributed by atoms with E-state index in [0.29, 0.717) is 29.7 Å². The summed E-state index contributed by atoms with van der Waals surface area (Å²) < 4.78 is 44.0. The number of halogens is 3. The number of hydrogen-bond donors (Lipinski definition) is 0. The Morgan fingerprint density at radius 2 is 1.81 bits per heavy atom.